The highest BCUT2D eigenvalue weighted by Crippen LogP contribution is 2.22. The van der Waals surface area contributed by atoms with Crippen LogP contribution in [0.5, 0.6) is 0 Å². The van der Waals surface area contributed by atoms with Crippen LogP contribution in [-0.2, 0) is 13.1 Å². The molecule has 0 amide bonds. The summed E-state index contributed by atoms with van der Waals surface area (Å²) in [5.41, 5.74) is 1.93. The topological polar surface area (TPSA) is 21.7 Å². The molecule has 0 aliphatic carbocycles. The Kier molecular flexibility index (Phi) is 6.79. The highest BCUT2D eigenvalue weighted by Gasteiger charge is 2.11. The molecular weight excluding hydrogens is 411 g/mol. The molecule has 3 nitrogen and oxygen atoms in total. The van der Waals surface area contributed by atoms with Crippen molar-refractivity contribution < 1.29 is 17.0 Å². The summed E-state index contributed by atoms with van der Waals surface area (Å²) in [5, 5.41) is 6.84. The van der Waals surface area contributed by atoms with Gasteiger partial charge in [0.05, 0.1) is 6.54 Å². The Balaban J connectivity index is 0.00000208. The first-order chi connectivity index (χ1) is 11.0. The van der Waals surface area contributed by atoms with Crippen molar-refractivity contribution in [2.24, 2.45) is 0 Å². The van der Waals surface area contributed by atoms with Crippen molar-refractivity contribution in [3.05, 3.63) is 80.3 Å². The van der Waals surface area contributed by atoms with Crippen LogP contribution in [0.1, 0.15) is 11.1 Å². The molecule has 0 spiro atoms. The average molecular weight is 424 g/mol. The summed E-state index contributed by atoms with van der Waals surface area (Å²) < 4.78 is 3.75. The van der Waals surface area contributed by atoms with Gasteiger partial charge >= 0.3 is 0 Å². The number of benzene rings is 2. The Hall–Kier alpha value is -0.970. The molecule has 126 valence electrons. The van der Waals surface area contributed by atoms with Gasteiger partial charge in [0.1, 0.15) is 6.54 Å². The van der Waals surface area contributed by atoms with E-state index in [0.29, 0.717) is 33.2 Å². The average Bonchev–Trinajstić information content (AvgIpc) is 2.92. The summed E-state index contributed by atoms with van der Waals surface area (Å²) in [7, 11) is 0. The lowest BCUT2D eigenvalue weighted by Gasteiger charge is -2.02. The molecule has 0 aliphatic rings. The Morgan fingerprint density at radius 1 is 0.875 bits per heavy atom. The lowest BCUT2D eigenvalue weighted by atomic mass is 10.2. The van der Waals surface area contributed by atoms with Crippen LogP contribution in [0.2, 0.25) is 20.1 Å². The fourth-order valence-electron chi connectivity index (χ4n) is 2.20. The minimum Gasteiger partial charge on any atom is -1.00 e. The maximum atomic E-state index is 6.20. The van der Waals surface area contributed by atoms with Gasteiger partial charge in [-0.05, 0) is 24.3 Å². The van der Waals surface area contributed by atoms with Crippen molar-refractivity contribution >= 4 is 46.4 Å². The Bertz CT molecular complexity index is 779. The molecule has 0 unspecified atom stereocenters. The van der Waals surface area contributed by atoms with Gasteiger partial charge in [-0.2, -0.15) is 0 Å². The number of aromatic nitrogens is 3. The molecule has 1 aromatic heterocycles. The van der Waals surface area contributed by atoms with E-state index in [9.17, 15) is 0 Å². The zero-order chi connectivity index (χ0) is 16.4. The van der Waals surface area contributed by atoms with E-state index < -0.39 is 0 Å². The van der Waals surface area contributed by atoms with Crippen LogP contribution in [0.3, 0.4) is 0 Å². The van der Waals surface area contributed by atoms with Gasteiger partial charge in [0.15, 0.2) is 0 Å². The Morgan fingerprint density at radius 3 is 2.04 bits per heavy atom. The largest absolute Gasteiger partial charge is 1.00 e. The number of hydrogen-bond donors (Lipinski definition) is 0. The third kappa shape index (κ3) is 4.78. The van der Waals surface area contributed by atoms with E-state index in [1.165, 1.54) is 0 Å². The van der Waals surface area contributed by atoms with Crippen molar-refractivity contribution in [2.45, 2.75) is 13.1 Å². The Labute approximate surface area is 166 Å². The first-order valence-corrected chi connectivity index (χ1v) is 8.32. The molecular formula is C16H12Cl5N3. The quantitative estimate of drug-likeness (QED) is 0.588. The van der Waals surface area contributed by atoms with Crippen molar-refractivity contribution in [1.82, 2.24) is 9.78 Å². The van der Waals surface area contributed by atoms with Crippen LogP contribution in [0.15, 0.2) is 49.1 Å². The van der Waals surface area contributed by atoms with E-state index in [1.807, 2.05) is 35.2 Å². The second-order valence-electron chi connectivity index (χ2n) is 5.09. The van der Waals surface area contributed by atoms with Crippen LogP contribution in [0.4, 0.5) is 0 Å². The molecule has 24 heavy (non-hydrogen) atoms. The fraction of sp³-hybridized carbons (Fsp3) is 0.125. The van der Waals surface area contributed by atoms with Gasteiger partial charge in [0.25, 0.3) is 6.33 Å². The van der Waals surface area contributed by atoms with E-state index in [2.05, 4.69) is 5.10 Å². The van der Waals surface area contributed by atoms with Gasteiger partial charge in [-0.1, -0.05) is 58.5 Å². The molecule has 0 bridgehead atoms. The van der Waals surface area contributed by atoms with E-state index in [1.54, 1.807) is 23.1 Å². The summed E-state index contributed by atoms with van der Waals surface area (Å²) in [5.74, 6) is 0. The summed E-state index contributed by atoms with van der Waals surface area (Å²) in [4.78, 5) is 0. The summed E-state index contributed by atoms with van der Waals surface area (Å²) in [6.45, 7) is 1.18. The summed E-state index contributed by atoms with van der Waals surface area (Å²) >= 11 is 24.2. The van der Waals surface area contributed by atoms with Crippen LogP contribution >= 0.6 is 46.4 Å². The first-order valence-electron chi connectivity index (χ1n) is 6.80. The maximum absolute atomic E-state index is 6.20. The van der Waals surface area contributed by atoms with Gasteiger partial charge in [0, 0.05) is 36.3 Å². The predicted octanol–water partition coefficient (Wildman–Crippen LogP) is 1.88. The van der Waals surface area contributed by atoms with Crippen LogP contribution in [0, 0.1) is 0 Å². The molecule has 0 atom stereocenters. The third-order valence-corrected chi connectivity index (χ3v) is 4.52. The summed E-state index contributed by atoms with van der Waals surface area (Å²) in [6, 6.07) is 10.9. The maximum Gasteiger partial charge on any atom is 0.265 e. The highest BCUT2D eigenvalue weighted by atomic mass is 35.5. The number of rotatable bonds is 4. The van der Waals surface area contributed by atoms with Crippen molar-refractivity contribution in [3.8, 4) is 0 Å². The van der Waals surface area contributed by atoms with E-state index >= 15 is 0 Å². The molecule has 2 aromatic carbocycles. The molecule has 8 heteroatoms. The number of nitrogens with zero attached hydrogens (tertiary/aromatic N) is 3. The predicted molar refractivity (Wildman–Crippen MR) is 93.6 cm³/mol. The molecule has 0 N–H and O–H groups in total. The van der Waals surface area contributed by atoms with Gasteiger partial charge in [-0.3, -0.25) is 0 Å². The van der Waals surface area contributed by atoms with Gasteiger partial charge in [0.2, 0.25) is 6.33 Å². The molecule has 3 aromatic rings. The fourth-order valence-corrected chi connectivity index (χ4v) is 3.13. The van der Waals surface area contributed by atoms with Crippen molar-refractivity contribution in [1.29, 1.82) is 0 Å². The van der Waals surface area contributed by atoms with Crippen LogP contribution in [0.25, 0.3) is 0 Å². The first kappa shape index (κ1) is 19.4. The van der Waals surface area contributed by atoms with E-state index in [0.717, 1.165) is 11.1 Å². The van der Waals surface area contributed by atoms with Crippen molar-refractivity contribution in [2.75, 3.05) is 0 Å². The normalized spacial score (nSPS) is 10.5. The standard InChI is InChI=1S/C16H12Cl4N3.ClH/c17-13-3-1-11(15(19)5-13)7-22-9-21-23(10-22)8-12-2-4-14(18)6-16(12)20;/h1-6,9-10H,7-8H2;1H/q+1;/p-1. The van der Waals surface area contributed by atoms with Gasteiger partial charge in [-0.15, -0.1) is 4.68 Å². The number of halogens is 5. The second kappa shape index (κ2) is 8.41. The smallest absolute Gasteiger partial charge is 0.265 e. The Morgan fingerprint density at radius 2 is 1.46 bits per heavy atom. The minimum atomic E-state index is 0. The molecule has 1 heterocycles. The monoisotopic (exact) mass is 421 g/mol. The molecule has 0 saturated heterocycles. The van der Waals surface area contributed by atoms with E-state index in [4.69, 9.17) is 46.4 Å². The lowest BCUT2D eigenvalue weighted by Crippen LogP contribution is -3.00. The zero-order valence-electron chi connectivity index (χ0n) is 12.3. The van der Waals surface area contributed by atoms with Gasteiger partial charge in [-0.25, -0.2) is 4.57 Å². The van der Waals surface area contributed by atoms with Gasteiger partial charge < -0.3 is 12.4 Å². The molecule has 0 saturated carbocycles. The third-order valence-electron chi connectivity index (χ3n) is 3.35. The molecule has 3 rings (SSSR count). The molecule has 0 fully saturated rings. The van der Waals surface area contributed by atoms with Crippen molar-refractivity contribution in [3.63, 3.8) is 0 Å². The van der Waals surface area contributed by atoms with E-state index in [-0.39, 0.29) is 12.4 Å². The number of hydrogen-bond acceptors (Lipinski definition) is 1. The highest BCUT2D eigenvalue weighted by molar-refractivity contribution is 6.35. The second-order valence-corrected chi connectivity index (χ2v) is 6.78. The molecule has 0 radical (unpaired) electrons. The minimum absolute atomic E-state index is 0. The summed E-state index contributed by atoms with van der Waals surface area (Å²) in [6.07, 6.45) is 3.64. The van der Waals surface area contributed by atoms with Crippen LogP contribution in [-0.4, -0.2) is 9.78 Å². The molecule has 0 aliphatic heterocycles. The lowest BCUT2D eigenvalue weighted by molar-refractivity contribution is -0.689. The zero-order valence-corrected chi connectivity index (χ0v) is 16.0. The SMILES string of the molecule is Clc1ccc(Cn2c[n+](Cc3ccc(Cl)cc3Cl)cn2)c(Cl)c1.[Cl-]. The van der Waals surface area contributed by atoms with Crippen LogP contribution < -0.4 is 17.0 Å².